The molecule has 1 aliphatic carbocycles. The van der Waals surface area contributed by atoms with Crippen LogP contribution in [0.5, 0.6) is 0 Å². The molecule has 0 amide bonds. The van der Waals surface area contributed by atoms with Crippen LogP contribution in [-0.4, -0.2) is 23.2 Å². The Balaban J connectivity index is 1.79. The van der Waals surface area contributed by atoms with Gasteiger partial charge in [-0.2, -0.15) is 0 Å². The molecule has 0 saturated carbocycles. The lowest BCUT2D eigenvalue weighted by Gasteiger charge is -2.46. The van der Waals surface area contributed by atoms with Gasteiger partial charge in [0.1, 0.15) is 0 Å². The van der Waals surface area contributed by atoms with Gasteiger partial charge in [-0.25, -0.2) is 0 Å². The second-order valence-electron chi connectivity index (χ2n) is 8.15. The molecule has 152 valence electrons. The van der Waals surface area contributed by atoms with Crippen molar-refractivity contribution in [3.63, 3.8) is 0 Å². The number of rotatable bonds is 10. The van der Waals surface area contributed by atoms with E-state index in [1.54, 1.807) is 0 Å². The SMILES string of the molecule is C=CC=CC(=C)CCC1CCC2CCC3=NC=CC3=C2N1CCC(=C)C=CC=C. The van der Waals surface area contributed by atoms with E-state index < -0.39 is 0 Å². The number of aliphatic imine (C=N–C) groups is 1. The summed E-state index contributed by atoms with van der Waals surface area (Å²) >= 11 is 0. The van der Waals surface area contributed by atoms with Crippen LogP contribution in [0.1, 0.15) is 44.9 Å². The standard InChI is InChI=1S/C27H34N2/c1-5-7-9-21(3)11-14-24-15-12-23-13-16-26-25(17-19-28-26)27(23)29(24)20-18-22(4)10-8-6-2/h5-10,17,19,23-24H,1-4,11-16,18,20H2. The van der Waals surface area contributed by atoms with Crippen molar-refractivity contribution < 1.29 is 0 Å². The molecule has 0 aromatic heterocycles. The van der Waals surface area contributed by atoms with Crippen molar-refractivity contribution in [2.45, 2.75) is 51.0 Å². The van der Waals surface area contributed by atoms with Crippen LogP contribution in [0.2, 0.25) is 0 Å². The third-order valence-electron chi connectivity index (χ3n) is 6.18. The lowest BCUT2D eigenvalue weighted by atomic mass is 9.77. The molecule has 29 heavy (non-hydrogen) atoms. The van der Waals surface area contributed by atoms with Crippen LogP contribution in [0.4, 0.5) is 0 Å². The van der Waals surface area contributed by atoms with Crippen molar-refractivity contribution in [3.05, 3.63) is 97.5 Å². The van der Waals surface area contributed by atoms with E-state index in [0.717, 1.165) is 37.8 Å². The van der Waals surface area contributed by atoms with Crippen molar-refractivity contribution in [2.24, 2.45) is 10.9 Å². The monoisotopic (exact) mass is 386 g/mol. The van der Waals surface area contributed by atoms with Gasteiger partial charge in [-0.3, -0.25) is 4.99 Å². The molecular formula is C27H34N2. The highest BCUT2D eigenvalue weighted by molar-refractivity contribution is 6.06. The average Bonchev–Trinajstić information content (AvgIpc) is 3.22. The number of nitrogens with zero attached hydrogens (tertiary/aromatic N) is 2. The molecule has 0 aromatic rings. The van der Waals surface area contributed by atoms with Crippen molar-refractivity contribution in [2.75, 3.05) is 6.54 Å². The lowest BCUT2D eigenvalue weighted by molar-refractivity contribution is 0.151. The highest BCUT2D eigenvalue weighted by Crippen LogP contribution is 2.43. The molecule has 0 spiro atoms. The molecule has 2 aliphatic heterocycles. The molecule has 2 nitrogen and oxygen atoms in total. The van der Waals surface area contributed by atoms with E-state index in [1.165, 1.54) is 41.8 Å². The Bertz CT molecular complexity index is 815. The van der Waals surface area contributed by atoms with Crippen LogP contribution < -0.4 is 0 Å². The van der Waals surface area contributed by atoms with Gasteiger partial charge in [0.2, 0.25) is 0 Å². The van der Waals surface area contributed by atoms with Gasteiger partial charge in [0.25, 0.3) is 0 Å². The third-order valence-corrected chi connectivity index (χ3v) is 6.18. The second-order valence-corrected chi connectivity index (χ2v) is 8.15. The first-order chi connectivity index (χ1) is 14.1. The van der Waals surface area contributed by atoms with E-state index in [2.05, 4.69) is 54.4 Å². The smallest absolute Gasteiger partial charge is 0.0494 e. The molecule has 3 rings (SSSR count). The zero-order valence-corrected chi connectivity index (χ0v) is 17.7. The number of allylic oxidation sites excluding steroid dienone is 10. The van der Waals surface area contributed by atoms with Gasteiger partial charge in [0.05, 0.1) is 0 Å². The van der Waals surface area contributed by atoms with E-state index >= 15 is 0 Å². The van der Waals surface area contributed by atoms with Gasteiger partial charge in [0, 0.05) is 35.8 Å². The summed E-state index contributed by atoms with van der Waals surface area (Å²) in [6.45, 7) is 17.0. The summed E-state index contributed by atoms with van der Waals surface area (Å²) in [5.41, 5.74) is 6.54. The third kappa shape index (κ3) is 5.26. The molecule has 0 N–H and O–H groups in total. The largest absolute Gasteiger partial charge is 0.371 e. The first kappa shape index (κ1) is 21.1. The van der Waals surface area contributed by atoms with E-state index in [-0.39, 0.29) is 0 Å². The molecule has 3 aliphatic rings. The summed E-state index contributed by atoms with van der Waals surface area (Å²) in [6, 6.07) is 0.548. The lowest BCUT2D eigenvalue weighted by Crippen LogP contribution is -2.44. The van der Waals surface area contributed by atoms with Gasteiger partial charge in [-0.05, 0) is 56.9 Å². The summed E-state index contributed by atoms with van der Waals surface area (Å²) in [5.74, 6) is 0.670. The fourth-order valence-electron chi connectivity index (χ4n) is 4.68. The van der Waals surface area contributed by atoms with E-state index in [1.807, 2.05) is 30.5 Å². The van der Waals surface area contributed by atoms with Gasteiger partial charge in [-0.15, -0.1) is 0 Å². The maximum Gasteiger partial charge on any atom is 0.0494 e. The maximum absolute atomic E-state index is 4.63. The number of likely N-dealkylation sites (tertiary alicyclic amines) is 1. The molecule has 2 unspecified atom stereocenters. The van der Waals surface area contributed by atoms with E-state index in [0.29, 0.717) is 12.0 Å². The van der Waals surface area contributed by atoms with Crippen LogP contribution in [0.3, 0.4) is 0 Å². The van der Waals surface area contributed by atoms with Crippen molar-refractivity contribution in [3.8, 4) is 0 Å². The minimum atomic E-state index is 0.548. The fourth-order valence-corrected chi connectivity index (χ4v) is 4.68. The zero-order chi connectivity index (χ0) is 20.6. The molecule has 0 radical (unpaired) electrons. The quantitative estimate of drug-likeness (QED) is 0.375. The number of hydrogen-bond acceptors (Lipinski definition) is 2. The fraction of sp³-hybridized carbons (Fsp3) is 0.370. The van der Waals surface area contributed by atoms with Gasteiger partial charge < -0.3 is 4.90 Å². The first-order valence-electron chi connectivity index (χ1n) is 10.8. The number of piperidine rings is 1. The Morgan fingerprint density at radius 2 is 1.76 bits per heavy atom. The Kier molecular flexibility index (Phi) is 7.46. The first-order valence-corrected chi connectivity index (χ1v) is 10.8. The van der Waals surface area contributed by atoms with E-state index in [9.17, 15) is 0 Å². The molecule has 0 aromatic carbocycles. The van der Waals surface area contributed by atoms with Gasteiger partial charge in [-0.1, -0.05) is 73.9 Å². The summed E-state index contributed by atoms with van der Waals surface area (Å²) < 4.78 is 0. The van der Waals surface area contributed by atoms with Crippen molar-refractivity contribution in [1.82, 2.24) is 4.90 Å². The molecule has 0 bridgehead atoms. The topological polar surface area (TPSA) is 15.6 Å². The Labute approximate surface area is 176 Å². The molecule has 1 saturated heterocycles. The highest BCUT2D eigenvalue weighted by atomic mass is 15.2. The summed E-state index contributed by atoms with van der Waals surface area (Å²) in [5, 5.41) is 0. The number of hydrogen-bond donors (Lipinski definition) is 0. The molecule has 2 heterocycles. The van der Waals surface area contributed by atoms with Gasteiger partial charge >= 0.3 is 0 Å². The summed E-state index contributed by atoms with van der Waals surface area (Å²) in [4.78, 5) is 7.32. The Morgan fingerprint density at radius 3 is 2.48 bits per heavy atom. The Hall–Kier alpha value is -2.61. The zero-order valence-electron chi connectivity index (χ0n) is 17.7. The minimum Gasteiger partial charge on any atom is -0.371 e. The van der Waals surface area contributed by atoms with Gasteiger partial charge in [0.15, 0.2) is 0 Å². The molecule has 1 fully saturated rings. The van der Waals surface area contributed by atoms with Crippen LogP contribution in [0.15, 0.2) is 102 Å². The van der Waals surface area contributed by atoms with Crippen LogP contribution in [-0.2, 0) is 0 Å². The number of fused-ring (bicyclic) bond motifs is 2. The highest BCUT2D eigenvalue weighted by Gasteiger charge is 2.37. The predicted octanol–water partition coefficient (Wildman–Crippen LogP) is 6.85. The Morgan fingerprint density at radius 1 is 1.03 bits per heavy atom. The second kappa shape index (κ2) is 10.2. The molecule has 2 atom stereocenters. The van der Waals surface area contributed by atoms with Crippen molar-refractivity contribution >= 4 is 5.71 Å². The van der Waals surface area contributed by atoms with Crippen LogP contribution >= 0.6 is 0 Å². The maximum atomic E-state index is 4.63. The van der Waals surface area contributed by atoms with Crippen LogP contribution in [0.25, 0.3) is 0 Å². The average molecular weight is 387 g/mol. The summed E-state index contributed by atoms with van der Waals surface area (Å²) in [7, 11) is 0. The van der Waals surface area contributed by atoms with Crippen molar-refractivity contribution in [1.29, 1.82) is 0 Å². The molecular weight excluding hydrogens is 352 g/mol. The minimum absolute atomic E-state index is 0.548. The van der Waals surface area contributed by atoms with Crippen LogP contribution in [0, 0.1) is 5.92 Å². The van der Waals surface area contributed by atoms with E-state index in [4.69, 9.17) is 0 Å². The predicted molar refractivity (Wildman–Crippen MR) is 127 cm³/mol. The summed E-state index contributed by atoms with van der Waals surface area (Å²) in [6.07, 6.45) is 24.0. The molecule has 2 heteroatoms. The normalized spacial score (nSPS) is 23.3.